The van der Waals surface area contributed by atoms with E-state index < -0.39 is 0 Å². The van der Waals surface area contributed by atoms with Gasteiger partial charge in [-0.1, -0.05) is 18.2 Å². The first-order valence-electron chi connectivity index (χ1n) is 5.82. The molecular weight excluding hydrogens is 246 g/mol. The lowest BCUT2D eigenvalue weighted by atomic mass is 10.0. The standard InChI is InChI=1S/C14H15NO2S/c1-4-17-14(16)11-8-18-13(15-11)12-9(2)6-5-7-10(12)3/h5-8H,4H2,1-3H3. The van der Waals surface area contributed by atoms with Gasteiger partial charge in [-0.25, -0.2) is 9.78 Å². The van der Waals surface area contributed by atoms with Crippen LogP contribution in [0.4, 0.5) is 0 Å². The number of esters is 1. The van der Waals surface area contributed by atoms with E-state index in [0.29, 0.717) is 12.3 Å². The third kappa shape index (κ3) is 2.43. The van der Waals surface area contributed by atoms with Crippen molar-refractivity contribution in [2.75, 3.05) is 6.61 Å². The van der Waals surface area contributed by atoms with Crippen LogP contribution in [0.3, 0.4) is 0 Å². The third-order valence-electron chi connectivity index (χ3n) is 2.68. The fraction of sp³-hybridized carbons (Fsp3) is 0.286. The molecule has 0 aliphatic carbocycles. The molecule has 0 aliphatic heterocycles. The van der Waals surface area contributed by atoms with Crippen molar-refractivity contribution in [1.29, 1.82) is 0 Å². The number of ether oxygens (including phenoxy) is 1. The Bertz CT molecular complexity index is 555. The molecule has 4 heteroatoms. The van der Waals surface area contributed by atoms with E-state index in [1.165, 1.54) is 22.5 Å². The van der Waals surface area contributed by atoms with Crippen molar-refractivity contribution in [3.63, 3.8) is 0 Å². The molecule has 0 aliphatic rings. The maximum Gasteiger partial charge on any atom is 0.357 e. The number of hydrogen-bond donors (Lipinski definition) is 0. The summed E-state index contributed by atoms with van der Waals surface area (Å²) < 4.78 is 4.94. The highest BCUT2D eigenvalue weighted by Gasteiger charge is 2.14. The summed E-state index contributed by atoms with van der Waals surface area (Å²) in [4.78, 5) is 15.9. The van der Waals surface area contributed by atoms with Crippen LogP contribution in [0.2, 0.25) is 0 Å². The topological polar surface area (TPSA) is 39.2 Å². The Morgan fingerprint density at radius 2 is 2.00 bits per heavy atom. The molecule has 0 radical (unpaired) electrons. The lowest BCUT2D eigenvalue weighted by Gasteiger charge is -2.05. The molecule has 0 saturated heterocycles. The maximum absolute atomic E-state index is 11.6. The number of rotatable bonds is 3. The van der Waals surface area contributed by atoms with Gasteiger partial charge in [-0.15, -0.1) is 11.3 Å². The Morgan fingerprint density at radius 3 is 2.61 bits per heavy atom. The highest BCUT2D eigenvalue weighted by molar-refractivity contribution is 7.13. The quantitative estimate of drug-likeness (QED) is 0.792. The molecule has 0 amide bonds. The zero-order chi connectivity index (χ0) is 13.1. The number of carbonyl (C=O) groups excluding carboxylic acids is 1. The van der Waals surface area contributed by atoms with Crippen LogP contribution in [0, 0.1) is 13.8 Å². The van der Waals surface area contributed by atoms with Gasteiger partial charge < -0.3 is 4.74 Å². The van der Waals surface area contributed by atoms with Crippen molar-refractivity contribution in [3.05, 3.63) is 40.4 Å². The molecule has 0 atom stereocenters. The van der Waals surface area contributed by atoms with E-state index >= 15 is 0 Å². The number of carbonyl (C=O) groups is 1. The van der Waals surface area contributed by atoms with Crippen molar-refractivity contribution >= 4 is 17.3 Å². The number of thiazole rings is 1. The van der Waals surface area contributed by atoms with Gasteiger partial charge in [0.25, 0.3) is 0 Å². The van der Waals surface area contributed by atoms with E-state index in [1.807, 2.05) is 32.0 Å². The Labute approximate surface area is 110 Å². The predicted molar refractivity (Wildman–Crippen MR) is 73.0 cm³/mol. The van der Waals surface area contributed by atoms with E-state index in [1.54, 1.807) is 12.3 Å². The number of aryl methyl sites for hydroxylation is 2. The summed E-state index contributed by atoms with van der Waals surface area (Å²) in [6.07, 6.45) is 0. The molecule has 0 saturated carbocycles. The van der Waals surface area contributed by atoms with E-state index in [0.717, 1.165) is 10.6 Å². The lowest BCUT2D eigenvalue weighted by Crippen LogP contribution is -2.04. The maximum atomic E-state index is 11.6. The predicted octanol–water partition coefficient (Wildman–Crippen LogP) is 3.60. The van der Waals surface area contributed by atoms with Gasteiger partial charge in [-0.3, -0.25) is 0 Å². The zero-order valence-corrected chi connectivity index (χ0v) is 11.5. The van der Waals surface area contributed by atoms with E-state index in [2.05, 4.69) is 4.98 Å². The van der Waals surface area contributed by atoms with Crippen molar-refractivity contribution in [1.82, 2.24) is 4.98 Å². The Morgan fingerprint density at radius 1 is 1.33 bits per heavy atom. The smallest absolute Gasteiger partial charge is 0.357 e. The minimum atomic E-state index is -0.355. The zero-order valence-electron chi connectivity index (χ0n) is 10.7. The fourth-order valence-corrected chi connectivity index (χ4v) is 2.80. The number of hydrogen-bond acceptors (Lipinski definition) is 4. The summed E-state index contributed by atoms with van der Waals surface area (Å²) in [5.41, 5.74) is 3.83. The van der Waals surface area contributed by atoms with E-state index in [-0.39, 0.29) is 5.97 Å². The molecule has 0 spiro atoms. The summed E-state index contributed by atoms with van der Waals surface area (Å²) in [6.45, 7) is 6.26. The third-order valence-corrected chi connectivity index (χ3v) is 3.54. The van der Waals surface area contributed by atoms with Crippen LogP contribution in [-0.4, -0.2) is 17.6 Å². The Hall–Kier alpha value is -1.68. The molecule has 0 unspecified atom stereocenters. The molecule has 3 nitrogen and oxygen atoms in total. The SMILES string of the molecule is CCOC(=O)c1csc(-c2c(C)cccc2C)n1. The second-order valence-electron chi connectivity index (χ2n) is 4.03. The van der Waals surface area contributed by atoms with Crippen LogP contribution in [0.5, 0.6) is 0 Å². The van der Waals surface area contributed by atoms with Gasteiger partial charge >= 0.3 is 5.97 Å². The van der Waals surface area contributed by atoms with Gasteiger partial charge in [0.05, 0.1) is 6.61 Å². The molecule has 0 fully saturated rings. The first-order valence-corrected chi connectivity index (χ1v) is 6.70. The van der Waals surface area contributed by atoms with E-state index in [9.17, 15) is 4.79 Å². The molecule has 1 heterocycles. The van der Waals surface area contributed by atoms with Crippen LogP contribution in [0.25, 0.3) is 10.6 Å². The summed E-state index contributed by atoms with van der Waals surface area (Å²) in [6, 6.07) is 6.12. The molecule has 2 aromatic rings. The molecule has 0 bridgehead atoms. The fourth-order valence-electron chi connectivity index (χ4n) is 1.84. The molecule has 1 aromatic carbocycles. The van der Waals surface area contributed by atoms with Crippen molar-refractivity contribution in [2.45, 2.75) is 20.8 Å². The van der Waals surface area contributed by atoms with Crippen LogP contribution < -0.4 is 0 Å². The van der Waals surface area contributed by atoms with Gasteiger partial charge in [-0.05, 0) is 31.9 Å². The van der Waals surface area contributed by atoms with E-state index in [4.69, 9.17) is 4.74 Å². The Balaban J connectivity index is 2.38. The molecule has 1 aromatic heterocycles. The highest BCUT2D eigenvalue weighted by Crippen LogP contribution is 2.29. The van der Waals surface area contributed by atoms with Gasteiger partial charge in [0.15, 0.2) is 5.69 Å². The second-order valence-corrected chi connectivity index (χ2v) is 4.88. The van der Waals surface area contributed by atoms with Crippen LogP contribution in [-0.2, 0) is 4.74 Å². The lowest BCUT2D eigenvalue weighted by molar-refractivity contribution is 0.0520. The van der Waals surface area contributed by atoms with Gasteiger partial charge in [-0.2, -0.15) is 0 Å². The second kappa shape index (κ2) is 5.31. The average molecular weight is 261 g/mol. The number of nitrogens with zero attached hydrogens (tertiary/aromatic N) is 1. The Kier molecular flexibility index (Phi) is 3.77. The molecule has 2 rings (SSSR count). The van der Waals surface area contributed by atoms with Crippen molar-refractivity contribution < 1.29 is 9.53 Å². The number of aromatic nitrogens is 1. The molecular formula is C14H15NO2S. The van der Waals surface area contributed by atoms with Crippen LogP contribution >= 0.6 is 11.3 Å². The summed E-state index contributed by atoms with van der Waals surface area (Å²) in [5, 5.41) is 2.62. The highest BCUT2D eigenvalue weighted by atomic mass is 32.1. The van der Waals surface area contributed by atoms with Gasteiger partial charge in [0, 0.05) is 10.9 Å². The first-order chi connectivity index (χ1) is 8.63. The van der Waals surface area contributed by atoms with Crippen molar-refractivity contribution in [2.24, 2.45) is 0 Å². The van der Waals surface area contributed by atoms with Crippen LogP contribution in [0.1, 0.15) is 28.5 Å². The van der Waals surface area contributed by atoms with Crippen molar-refractivity contribution in [3.8, 4) is 10.6 Å². The van der Waals surface area contributed by atoms with Crippen LogP contribution in [0.15, 0.2) is 23.6 Å². The summed E-state index contributed by atoms with van der Waals surface area (Å²) in [5.74, 6) is -0.355. The molecule has 18 heavy (non-hydrogen) atoms. The average Bonchev–Trinajstić information content (AvgIpc) is 2.78. The molecule has 94 valence electrons. The van der Waals surface area contributed by atoms with Gasteiger partial charge in [0.1, 0.15) is 5.01 Å². The molecule has 0 N–H and O–H groups in total. The monoisotopic (exact) mass is 261 g/mol. The summed E-state index contributed by atoms with van der Waals surface area (Å²) in [7, 11) is 0. The normalized spacial score (nSPS) is 10.4. The minimum Gasteiger partial charge on any atom is -0.461 e. The van der Waals surface area contributed by atoms with Gasteiger partial charge in [0.2, 0.25) is 0 Å². The number of benzene rings is 1. The minimum absolute atomic E-state index is 0.355. The largest absolute Gasteiger partial charge is 0.461 e. The summed E-state index contributed by atoms with van der Waals surface area (Å²) >= 11 is 1.47. The first kappa shape index (κ1) is 12.8.